The van der Waals surface area contributed by atoms with Crippen molar-refractivity contribution < 1.29 is 4.79 Å². The highest BCUT2D eigenvalue weighted by Gasteiger charge is 2.05. The summed E-state index contributed by atoms with van der Waals surface area (Å²) in [4.78, 5) is 20.0. The second-order valence-corrected chi connectivity index (χ2v) is 4.74. The molecule has 2 aromatic rings. The molecule has 0 unspecified atom stereocenters. The van der Waals surface area contributed by atoms with Crippen LogP contribution in [0.3, 0.4) is 0 Å². The van der Waals surface area contributed by atoms with Crippen LogP contribution in [0, 0.1) is 6.92 Å². The highest BCUT2D eigenvalue weighted by atomic mass is 32.1. The molecule has 0 fully saturated rings. The zero-order valence-corrected chi connectivity index (χ0v) is 10.5. The molecule has 2 aromatic heterocycles. The minimum absolute atomic E-state index is 0.0453. The van der Waals surface area contributed by atoms with Gasteiger partial charge in [-0.15, -0.1) is 11.3 Å². The van der Waals surface area contributed by atoms with Gasteiger partial charge in [-0.05, 0) is 31.9 Å². The third-order valence-corrected chi connectivity index (χ3v) is 3.55. The molecular formula is C12H15N3OS. The second-order valence-electron chi connectivity index (χ2n) is 3.80. The molecule has 90 valence electrons. The van der Waals surface area contributed by atoms with Crippen LogP contribution in [0.5, 0.6) is 0 Å². The third-order valence-electron chi connectivity index (χ3n) is 2.55. The summed E-state index contributed by atoms with van der Waals surface area (Å²) in [6.45, 7) is 2.71. The van der Waals surface area contributed by atoms with Crippen molar-refractivity contribution in [1.82, 2.24) is 15.3 Å². The van der Waals surface area contributed by atoms with E-state index in [1.165, 1.54) is 4.88 Å². The maximum atomic E-state index is 11.6. The summed E-state index contributed by atoms with van der Waals surface area (Å²) in [5.74, 6) is -0.0453. The number of hydrogen-bond acceptors (Lipinski definition) is 3. The number of thiazole rings is 1. The molecule has 5 heteroatoms. The average molecular weight is 249 g/mol. The van der Waals surface area contributed by atoms with E-state index in [9.17, 15) is 4.79 Å². The molecule has 4 nitrogen and oxygen atoms in total. The van der Waals surface area contributed by atoms with Crippen LogP contribution in [0.15, 0.2) is 23.8 Å². The van der Waals surface area contributed by atoms with Gasteiger partial charge in [-0.25, -0.2) is 4.98 Å². The summed E-state index contributed by atoms with van der Waals surface area (Å²) in [7, 11) is 0. The van der Waals surface area contributed by atoms with Gasteiger partial charge in [-0.1, -0.05) is 0 Å². The molecule has 0 aromatic carbocycles. The Morgan fingerprint density at radius 3 is 3.12 bits per heavy atom. The van der Waals surface area contributed by atoms with Gasteiger partial charge in [0.2, 0.25) is 0 Å². The molecule has 0 saturated carbocycles. The number of carbonyl (C=O) groups excluding carboxylic acids is 1. The Labute approximate surface area is 104 Å². The molecule has 0 aliphatic heterocycles. The Morgan fingerprint density at radius 2 is 2.47 bits per heavy atom. The van der Waals surface area contributed by atoms with E-state index in [2.05, 4.69) is 15.3 Å². The molecule has 2 N–H and O–H groups in total. The van der Waals surface area contributed by atoms with E-state index in [4.69, 9.17) is 0 Å². The molecule has 0 aliphatic rings. The first-order valence-corrected chi connectivity index (χ1v) is 6.46. The predicted octanol–water partition coefficient (Wildman–Crippen LogP) is 2.14. The van der Waals surface area contributed by atoms with E-state index in [1.54, 1.807) is 23.6 Å². The number of rotatable bonds is 5. The van der Waals surface area contributed by atoms with Crippen LogP contribution < -0.4 is 5.32 Å². The molecule has 2 rings (SSSR count). The second kappa shape index (κ2) is 5.63. The molecule has 0 atom stereocenters. The van der Waals surface area contributed by atoms with Gasteiger partial charge in [0.05, 0.1) is 11.2 Å². The van der Waals surface area contributed by atoms with Crippen LogP contribution in [0.25, 0.3) is 0 Å². The highest BCUT2D eigenvalue weighted by molar-refractivity contribution is 7.09. The summed E-state index contributed by atoms with van der Waals surface area (Å²) >= 11 is 1.68. The van der Waals surface area contributed by atoms with E-state index in [0.29, 0.717) is 12.2 Å². The van der Waals surface area contributed by atoms with Crippen molar-refractivity contribution in [2.45, 2.75) is 19.8 Å². The minimum Gasteiger partial charge on any atom is -0.357 e. The lowest BCUT2D eigenvalue weighted by atomic mass is 10.2. The fraction of sp³-hybridized carbons (Fsp3) is 0.333. The predicted molar refractivity (Wildman–Crippen MR) is 68.3 cm³/mol. The van der Waals surface area contributed by atoms with Gasteiger partial charge < -0.3 is 10.3 Å². The summed E-state index contributed by atoms with van der Waals surface area (Å²) in [6, 6.07) is 3.58. The van der Waals surface area contributed by atoms with Gasteiger partial charge in [0, 0.05) is 17.6 Å². The molecular weight excluding hydrogens is 234 g/mol. The maximum absolute atomic E-state index is 11.6. The largest absolute Gasteiger partial charge is 0.357 e. The standard InChI is InChI=1S/C12H15N3OS/c1-9-11(17-8-15-9)5-3-7-14-12(16)10-4-2-6-13-10/h2,4,6,8,13H,3,5,7H2,1H3,(H,14,16). The van der Waals surface area contributed by atoms with Crippen molar-refractivity contribution in [2.24, 2.45) is 0 Å². The molecule has 2 heterocycles. The van der Waals surface area contributed by atoms with Crippen molar-refractivity contribution in [3.05, 3.63) is 40.1 Å². The van der Waals surface area contributed by atoms with Crippen LogP contribution in [0.2, 0.25) is 0 Å². The number of aromatic amines is 1. The zero-order valence-electron chi connectivity index (χ0n) is 9.69. The van der Waals surface area contributed by atoms with Gasteiger partial charge >= 0.3 is 0 Å². The van der Waals surface area contributed by atoms with Crippen molar-refractivity contribution in [2.75, 3.05) is 6.54 Å². The monoisotopic (exact) mass is 249 g/mol. The van der Waals surface area contributed by atoms with Gasteiger partial charge in [0.25, 0.3) is 5.91 Å². The lowest BCUT2D eigenvalue weighted by Crippen LogP contribution is -2.24. The van der Waals surface area contributed by atoms with Crippen LogP contribution in [0.4, 0.5) is 0 Å². The number of aromatic nitrogens is 2. The molecule has 0 saturated heterocycles. The molecule has 1 amide bonds. The first-order chi connectivity index (χ1) is 8.27. The summed E-state index contributed by atoms with van der Waals surface area (Å²) < 4.78 is 0. The number of H-pyrrole nitrogens is 1. The summed E-state index contributed by atoms with van der Waals surface area (Å²) in [6.07, 6.45) is 3.66. The zero-order chi connectivity index (χ0) is 12.1. The van der Waals surface area contributed by atoms with E-state index < -0.39 is 0 Å². The molecule has 0 bridgehead atoms. The van der Waals surface area contributed by atoms with Gasteiger partial charge in [0.1, 0.15) is 5.69 Å². The van der Waals surface area contributed by atoms with E-state index in [-0.39, 0.29) is 5.91 Å². The smallest absolute Gasteiger partial charge is 0.267 e. The van der Waals surface area contributed by atoms with Gasteiger partial charge in [-0.3, -0.25) is 4.79 Å². The highest BCUT2D eigenvalue weighted by Crippen LogP contribution is 2.13. The Morgan fingerprint density at radius 1 is 1.59 bits per heavy atom. The maximum Gasteiger partial charge on any atom is 0.267 e. The van der Waals surface area contributed by atoms with Crippen molar-refractivity contribution >= 4 is 17.2 Å². The lowest BCUT2D eigenvalue weighted by Gasteiger charge is -2.03. The van der Waals surface area contributed by atoms with E-state index in [0.717, 1.165) is 18.5 Å². The molecule has 17 heavy (non-hydrogen) atoms. The number of nitrogens with one attached hydrogen (secondary N) is 2. The Bertz CT molecular complexity index is 476. The number of carbonyl (C=O) groups is 1. The molecule has 0 spiro atoms. The number of amides is 1. The van der Waals surface area contributed by atoms with Crippen LogP contribution in [-0.2, 0) is 6.42 Å². The van der Waals surface area contributed by atoms with Gasteiger partial charge in [-0.2, -0.15) is 0 Å². The average Bonchev–Trinajstić information content (AvgIpc) is 2.96. The fourth-order valence-electron chi connectivity index (χ4n) is 1.58. The topological polar surface area (TPSA) is 57.8 Å². The van der Waals surface area contributed by atoms with Crippen LogP contribution in [-0.4, -0.2) is 22.4 Å². The van der Waals surface area contributed by atoms with Gasteiger partial charge in [0.15, 0.2) is 0 Å². The first-order valence-electron chi connectivity index (χ1n) is 5.58. The fourth-order valence-corrected chi connectivity index (χ4v) is 2.41. The van der Waals surface area contributed by atoms with Crippen LogP contribution in [0.1, 0.15) is 27.5 Å². The normalized spacial score (nSPS) is 10.4. The summed E-state index contributed by atoms with van der Waals surface area (Å²) in [5.41, 5.74) is 3.58. The minimum atomic E-state index is -0.0453. The van der Waals surface area contributed by atoms with Crippen molar-refractivity contribution in [1.29, 1.82) is 0 Å². The number of aryl methyl sites for hydroxylation is 2. The lowest BCUT2D eigenvalue weighted by molar-refractivity contribution is 0.0949. The molecule has 0 aliphatic carbocycles. The molecule has 0 radical (unpaired) electrons. The van der Waals surface area contributed by atoms with Crippen LogP contribution >= 0.6 is 11.3 Å². The summed E-state index contributed by atoms with van der Waals surface area (Å²) in [5, 5.41) is 2.88. The van der Waals surface area contributed by atoms with Crippen molar-refractivity contribution in [3.63, 3.8) is 0 Å². The van der Waals surface area contributed by atoms with E-state index in [1.807, 2.05) is 18.5 Å². The Balaban J connectivity index is 1.70. The quantitative estimate of drug-likeness (QED) is 0.798. The number of hydrogen-bond donors (Lipinski definition) is 2. The van der Waals surface area contributed by atoms with E-state index >= 15 is 0 Å². The Kier molecular flexibility index (Phi) is 3.93. The first kappa shape index (κ1) is 11.9. The SMILES string of the molecule is Cc1ncsc1CCCNC(=O)c1ccc[nH]1. The number of nitrogens with zero attached hydrogens (tertiary/aromatic N) is 1. The Hall–Kier alpha value is -1.62. The third kappa shape index (κ3) is 3.17. The van der Waals surface area contributed by atoms with Crippen molar-refractivity contribution in [3.8, 4) is 0 Å².